The predicted octanol–water partition coefficient (Wildman–Crippen LogP) is 4.15. The van der Waals surface area contributed by atoms with Crippen LogP contribution in [0.15, 0.2) is 42.5 Å². The molecule has 2 aromatic carbocycles. The monoisotopic (exact) mass is 292 g/mol. The molecule has 0 spiro atoms. The molecule has 0 aliphatic rings. The van der Waals surface area contributed by atoms with Gasteiger partial charge in [0, 0.05) is 11.1 Å². The van der Waals surface area contributed by atoms with Crippen LogP contribution >= 0.6 is 11.6 Å². The van der Waals surface area contributed by atoms with E-state index in [1.54, 1.807) is 37.3 Å². The Bertz CT molecular complexity index is 626. The number of carbonyl (C=O) groups excluding carboxylic acids is 1. The fourth-order valence-corrected chi connectivity index (χ4v) is 2.22. The first-order valence-electron chi connectivity index (χ1n) is 6.32. The molecule has 0 radical (unpaired) electrons. The third kappa shape index (κ3) is 2.74. The topological polar surface area (TPSA) is 37.3 Å². The SMILES string of the molecule is CCC(O)c1ccc(Cl)c(C(=O)c2ccccc2)c1F. The van der Waals surface area contributed by atoms with Gasteiger partial charge in [0.25, 0.3) is 0 Å². The van der Waals surface area contributed by atoms with E-state index in [0.29, 0.717) is 12.0 Å². The van der Waals surface area contributed by atoms with Gasteiger partial charge in [0.15, 0.2) is 5.78 Å². The van der Waals surface area contributed by atoms with Crippen molar-refractivity contribution in [1.29, 1.82) is 0 Å². The number of rotatable bonds is 4. The van der Waals surface area contributed by atoms with Gasteiger partial charge in [-0.2, -0.15) is 0 Å². The van der Waals surface area contributed by atoms with Gasteiger partial charge in [-0.1, -0.05) is 54.9 Å². The fraction of sp³-hybridized carbons (Fsp3) is 0.188. The molecule has 4 heteroatoms. The summed E-state index contributed by atoms with van der Waals surface area (Å²) in [6.45, 7) is 1.73. The Morgan fingerprint density at radius 3 is 2.50 bits per heavy atom. The van der Waals surface area contributed by atoms with Gasteiger partial charge >= 0.3 is 0 Å². The highest BCUT2D eigenvalue weighted by molar-refractivity contribution is 6.35. The number of ketones is 1. The Morgan fingerprint density at radius 1 is 1.25 bits per heavy atom. The van der Waals surface area contributed by atoms with E-state index in [2.05, 4.69) is 0 Å². The van der Waals surface area contributed by atoms with Gasteiger partial charge in [0.05, 0.1) is 16.7 Å². The molecular formula is C16H14ClFO2. The smallest absolute Gasteiger partial charge is 0.197 e. The van der Waals surface area contributed by atoms with E-state index in [-0.39, 0.29) is 16.1 Å². The number of hydrogen-bond donors (Lipinski definition) is 1. The molecule has 1 atom stereocenters. The molecule has 1 unspecified atom stereocenters. The highest BCUT2D eigenvalue weighted by Crippen LogP contribution is 2.29. The number of aliphatic hydroxyl groups excluding tert-OH is 1. The zero-order valence-corrected chi connectivity index (χ0v) is 11.7. The predicted molar refractivity (Wildman–Crippen MR) is 76.5 cm³/mol. The number of carbonyl (C=O) groups is 1. The van der Waals surface area contributed by atoms with Crippen molar-refractivity contribution < 1.29 is 14.3 Å². The van der Waals surface area contributed by atoms with Crippen molar-refractivity contribution in [2.45, 2.75) is 19.4 Å². The summed E-state index contributed by atoms with van der Waals surface area (Å²) < 4.78 is 14.4. The summed E-state index contributed by atoms with van der Waals surface area (Å²) in [7, 11) is 0. The van der Waals surface area contributed by atoms with Crippen LogP contribution in [0.25, 0.3) is 0 Å². The number of benzene rings is 2. The van der Waals surface area contributed by atoms with Crippen LogP contribution in [0.2, 0.25) is 5.02 Å². The summed E-state index contributed by atoms with van der Waals surface area (Å²) in [6, 6.07) is 11.2. The van der Waals surface area contributed by atoms with Crippen LogP contribution in [0.3, 0.4) is 0 Å². The molecule has 20 heavy (non-hydrogen) atoms. The van der Waals surface area contributed by atoms with Gasteiger partial charge in [-0.3, -0.25) is 4.79 Å². The van der Waals surface area contributed by atoms with E-state index < -0.39 is 17.7 Å². The van der Waals surface area contributed by atoms with E-state index >= 15 is 0 Å². The maximum atomic E-state index is 14.4. The van der Waals surface area contributed by atoms with Crippen molar-refractivity contribution >= 4 is 17.4 Å². The molecule has 0 saturated heterocycles. The van der Waals surface area contributed by atoms with Crippen molar-refractivity contribution in [3.8, 4) is 0 Å². The molecule has 2 aromatic rings. The van der Waals surface area contributed by atoms with Gasteiger partial charge in [0.1, 0.15) is 5.82 Å². The van der Waals surface area contributed by atoms with E-state index in [1.807, 2.05) is 0 Å². The van der Waals surface area contributed by atoms with E-state index in [4.69, 9.17) is 11.6 Å². The van der Waals surface area contributed by atoms with Crippen molar-refractivity contribution in [3.05, 3.63) is 70.0 Å². The largest absolute Gasteiger partial charge is 0.388 e. The van der Waals surface area contributed by atoms with Crippen molar-refractivity contribution in [2.24, 2.45) is 0 Å². The zero-order valence-electron chi connectivity index (χ0n) is 10.9. The summed E-state index contributed by atoms with van der Waals surface area (Å²) in [5.74, 6) is -1.24. The van der Waals surface area contributed by atoms with Crippen molar-refractivity contribution in [2.75, 3.05) is 0 Å². The first-order valence-corrected chi connectivity index (χ1v) is 6.69. The minimum absolute atomic E-state index is 0.0448. The highest BCUT2D eigenvalue weighted by Gasteiger charge is 2.22. The van der Waals surface area contributed by atoms with Crippen LogP contribution in [0, 0.1) is 5.82 Å². The normalized spacial score (nSPS) is 12.2. The quantitative estimate of drug-likeness (QED) is 0.859. The summed E-state index contributed by atoms with van der Waals surface area (Å²) in [4.78, 5) is 12.3. The fourth-order valence-electron chi connectivity index (χ4n) is 1.99. The van der Waals surface area contributed by atoms with Crippen LogP contribution in [0.5, 0.6) is 0 Å². The minimum Gasteiger partial charge on any atom is -0.388 e. The second kappa shape index (κ2) is 6.16. The zero-order chi connectivity index (χ0) is 14.7. The standard InChI is InChI=1S/C16H14ClFO2/c1-2-13(19)11-8-9-12(17)14(15(11)18)16(20)10-6-4-3-5-7-10/h3-9,13,19H,2H2,1H3. The highest BCUT2D eigenvalue weighted by atomic mass is 35.5. The van der Waals surface area contributed by atoms with E-state index in [0.717, 1.165) is 0 Å². The first-order chi connectivity index (χ1) is 9.56. The lowest BCUT2D eigenvalue weighted by molar-refractivity contribution is 0.103. The molecule has 2 nitrogen and oxygen atoms in total. The molecule has 0 aromatic heterocycles. The minimum atomic E-state index is -0.949. The molecule has 1 N–H and O–H groups in total. The second-order valence-corrected chi connectivity index (χ2v) is 4.85. The Kier molecular flexibility index (Phi) is 4.53. The molecular weight excluding hydrogens is 279 g/mol. The third-order valence-electron chi connectivity index (χ3n) is 3.13. The van der Waals surface area contributed by atoms with Gasteiger partial charge in [-0.15, -0.1) is 0 Å². The molecule has 0 aliphatic carbocycles. The summed E-state index contributed by atoms with van der Waals surface area (Å²) in [5, 5.41) is 9.83. The maximum Gasteiger partial charge on any atom is 0.197 e. The molecule has 0 saturated carbocycles. The lowest BCUT2D eigenvalue weighted by Gasteiger charge is -2.13. The molecule has 0 aliphatic heterocycles. The van der Waals surface area contributed by atoms with E-state index in [1.165, 1.54) is 12.1 Å². The van der Waals surface area contributed by atoms with Gasteiger partial charge < -0.3 is 5.11 Å². The number of halogens is 2. The maximum absolute atomic E-state index is 14.4. The molecule has 0 heterocycles. The third-order valence-corrected chi connectivity index (χ3v) is 3.44. The summed E-state index contributed by atoms with van der Waals surface area (Å²) in [6.07, 6.45) is -0.591. The molecule has 104 valence electrons. The van der Waals surface area contributed by atoms with E-state index in [9.17, 15) is 14.3 Å². The van der Waals surface area contributed by atoms with Crippen LogP contribution in [-0.4, -0.2) is 10.9 Å². The Morgan fingerprint density at radius 2 is 1.90 bits per heavy atom. The second-order valence-electron chi connectivity index (χ2n) is 4.44. The average molecular weight is 293 g/mol. The first kappa shape index (κ1) is 14.7. The number of hydrogen-bond acceptors (Lipinski definition) is 2. The van der Waals surface area contributed by atoms with Gasteiger partial charge in [0.2, 0.25) is 0 Å². The Hall–Kier alpha value is -1.71. The average Bonchev–Trinajstić information content (AvgIpc) is 2.47. The van der Waals surface area contributed by atoms with Crippen molar-refractivity contribution in [3.63, 3.8) is 0 Å². The summed E-state index contributed by atoms with van der Waals surface area (Å²) >= 11 is 5.95. The molecule has 0 amide bonds. The van der Waals surface area contributed by atoms with Crippen LogP contribution in [-0.2, 0) is 0 Å². The summed E-state index contributed by atoms with van der Waals surface area (Å²) in [5.41, 5.74) is 0.260. The van der Waals surface area contributed by atoms with Gasteiger partial charge in [-0.05, 0) is 12.5 Å². The van der Waals surface area contributed by atoms with Crippen LogP contribution < -0.4 is 0 Å². The molecule has 0 fully saturated rings. The lowest BCUT2D eigenvalue weighted by Crippen LogP contribution is -2.09. The van der Waals surface area contributed by atoms with Crippen molar-refractivity contribution in [1.82, 2.24) is 0 Å². The number of aliphatic hydroxyl groups is 1. The van der Waals surface area contributed by atoms with Crippen LogP contribution in [0.4, 0.5) is 4.39 Å². The lowest BCUT2D eigenvalue weighted by atomic mass is 9.97. The van der Waals surface area contributed by atoms with Crippen LogP contribution in [0.1, 0.15) is 40.9 Å². The van der Waals surface area contributed by atoms with Gasteiger partial charge in [-0.25, -0.2) is 4.39 Å². The Labute approximate surface area is 121 Å². The molecule has 2 rings (SSSR count). The Balaban J connectivity index is 2.54. The molecule has 0 bridgehead atoms.